The van der Waals surface area contributed by atoms with E-state index < -0.39 is 0 Å². The zero-order chi connectivity index (χ0) is 17.8. The molecule has 2 aromatic rings. The average molecular weight is 345 g/mol. The lowest BCUT2D eigenvalue weighted by atomic mass is 10.2. The van der Waals surface area contributed by atoms with Gasteiger partial charge in [0.15, 0.2) is 0 Å². The molecule has 1 aliphatic heterocycles. The SMILES string of the molecule is CCOC(=O)N1CCN(C(=O)Cn2ccc3cccc(OC)c32)CC1. The lowest BCUT2D eigenvalue weighted by molar-refractivity contribution is -0.133. The number of carbonyl (C=O) groups is 2. The number of aromatic nitrogens is 1. The van der Waals surface area contributed by atoms with Crippen LogP contribution in [-0.4, -0.2) is 66.3 Å². The van der Waals surface area contributed by atoms with Crippen molar-refractivity contribution in [3.8, 4) is 5.75 Å². The number of piperazine rings is 1. The zero-order valence-corrected chi connectivity index (χ0v) is 14.6. The highest BCUT2D eigenvalue weighted by atomic mass is 16.6. The van der Waals surface area contributed by atoms with Crippen LogP contribution in [0, 0.1) is 0 Å². The van der Waals surface area contributed by atoms with E-state index in [1.54, 1.807) is 23.8 Å². The Kier molecular flexibility index (Phi) is 5.11. The van der Waals surface area contributed by atoms with Gasteiger partial charge in [0.2, 0.25) is 5.91 Å². The summed E-state index contributed by atoms with van der Waals surface area (Å²) in [4.78, 5) is 27.8. The quantitative estimate of drug-likeness (QED) is 0.850. The van der Waals surface area contributed by atoms with Gasteiger partial charge in [-0.15, -0.1) is 0 Å². The first-order chi connectivity index (χ1) is 12.1. The molecule has 2 amide bonds. The van der Waals surface area contributed by atoms with Crippen molar-refractivity contribution in [2.24, 2.45) is 0 Å². The average Bonchev–Trinajstić information content (AvgIpc) is 3.05. The van der Waals surface area contributed by atoms with Crippen molar-refractivity contribution in [3.05, 3.63) is 30.5 Å². The van der Waals surface area contributed by atoms with Crippen molar-refractivity contribution in [1.29, 1.82) is 0 Å². The lowest BCUT2D eigenvalue weighted by Crippen LogP contribution is -2.51. The molecule has 1 aromatic heterocycles. The first kappa shape index (κ1) is 17.1. The van der Waals surface area contributed by atoms with Gasteiger partial charge in [-0.1, -0.05) is 12.1 Å². The Morgan fingerprint density at radius 2 is 1.80 bits per heavy atom. The second-order valence-electron chi connectivity index (χ2n) is 5.91. The summed E-state index contributed by atoms with van der Waals surface area (Å²) in [6, 6.07) is 7.80. The molecule has 0 N–H and O–H groups in total. The third kappa shape index (κ3) is 3.55. The molecule has 1 fully saturated rings. The van der Waals surface area contributed by atoms with Gasteiger partial charge in [-0.25, -0.2) is 4.79 Å². The minimum atomic E-state index is -0.310. The second-order valence-corrected chi connectivity index (χ2v) is 5.91. The first-order valence-corrected chi connectivity index (χ1v) is 8.45. The highest BCUT2D eigenvalue weighted by molar-refractivity contribution is 5.88. The maximum atomic E-state index is 12.6. The van der Waals surface area contributed by atoms with Crippen LogP contribution < -0.4 is 4.74 Å². The summed E-state index contributed by atoms with van der Waals surface area (Å²) in [6.07, 6.45) is 1.59. The van der Waals surface area contributed by atoms with Crippen LogP contribution in [0.1, 0.15) is 6.92 Å². The number of benzene rings is 1. The number of carbonyl (C=O) groups excluding carboxylic acids is 2. The zero-order valence-electron chi connectivity index (χ0n) is 14.6. The van der Waals surface area contributed by atoms with E-state index in [9.17, 15) is 9.59 Å². The number of amides is 2. The van der Waals surface area contributed by atoms with Crippen molar-refractivity contribution < 1.29 is 19.1 Å². The topological polar surface area (TPSA) is 64.0 Å². The number of methoxy groups -OCH3 is 1. The van der Waals surface area contributed by atoms with Crippen molar-refractivity contribution in [2.75, 3.05) is 39.9 Å². The Hall–Kier alpha value is -2.70. The van der Waals surface area contributed by atoms with Crippen molar-refractivity contribution >= 4 is 22.9 Å². The molecule has 1 aromatic carbocycles. The minimum Gasteiger partial charge on any atom is -0.495 e. The van der Waals surface area contributed by atoms with E-state index in [4.69, 9.17) is 9.47 Å². The Balaban J connectivity index is 1.65. The van der Waals surface area contributed by atoms with Crippen LogP contribution in [0.15, 0.2) is 30.5 Å². The van der Waals surface area contributed by atoms with Gasteiger partial charge in [0, 0.05) is 37.8 Å². The number of rotatable bonds is 4. The molecule has 0 spiro atoms. The summed E-state index contributed by atoms with van der Waals surface area (Å²) in [5.74, 6) is 0.786. The van der Waals surface area contributed by atoms with Crippen LogP contribution >= 0.6 is 0 Å². The van der Waals surface area contributed by atoms with Crippen LogP contribution in [0.5, 0.6) is 5.75 Å². The van der Waals surface area contributed by atoms with E-state index in [0.29, 0.717) is 32.8 Å². The Labute approximate surface area is 146 Å². The summed E-state index contributed by atoms with van der Waals surface area (Å²) in [6.45, 7) is 4.44. The molecule has 7 nitrogen and oxygen atoms in total. The predicted molar refractivity (Wildman–Crippen MR) is 93.7 cm³/mol. The molecule has 2 heterocycles. The summed E-state index contributed by atoms with van der Waals surface area (Å²) in [5, 5.41) is 1.04. The monoisotopic (exact) mass is 345 g/mol. The molecule has 0 radical (unpaired) electrons. The lowest BCUT2D eigenvalue weighted by Gasteiger charge is -2.34. The Bertz CT molecular complexity index is 763. The predicted octanol–water partition coefficient (Wildman–Crippen LogP) is 1.95. The number of para-hydroxylation sites is 1. The molecule has 1 aliphatic rings. The van der Waals surface area contributed by atoms with E-state index in [2.05, 4.69) is 0 Å². The minimum absolute atomic E-state index is 0.0342. The summed E-state index contributed by atoms with van der Waals surface area (Å²) in [7, 11) is 1.63. The molecule has 0 bridgehead atoms. The van der Waals surface area contributed by atoms with Crippen LogP contribution in [0.2, 0.25) is 0 Å². The molecular formula is C18H23N3O4. The van der Waals surface area contributed by atoms with Gasteiger partial charge in [0.1, 0.15) is 12.3 Å². The number of hydrogen-bond donors (Lipinski definition) is 0. The van der Waals surface area contributed by atoms with E-state index in [1.165, 1.54) is 0 Å². The highest BCUT2D eigenvalue weighted by Crippen LogP contribution is 2.26. The van der Waals surface area contributed by atoms with Gasteiger partial charge in [-0.05, 0) is 19.1 Å². The van der Waals surface area contributed by atoms with Gasteiger partial charge in [-0.2, -0.15) is 0 Å². The highest BCUT2D eigenvalue weighted by Gasteiger charge is 2.25. The van der Waals surface area contributed by atoms with Gasteiger partial charge < -0.3 is 23.8 Å². The molecule has 1 saturated heterocycles. The fraction of sp³-hybridized carbons (Fsp3) is 0.444. The summed E-state index contributed by atoms with van der Waals surface area (Å²) in [5.41, 5.74) is 0.920. The summed E-state index contributed by atoms with van der Waals surface area (Å²) >= 11 is 0. The molecule has 134 valence electrons. The molecule has 0 atom stereocenters. The maximum absolute atomic E-state index is 12.6. The van der Waals surface area contributed by atoms with Crippen LogP contribution in [-0.2, 0) is 16.1 Å². The van der Waals surface area contributed by atoms with Crippen molar-refractivity contribution in [1.82, 2.24) is 14.4 Å². The maximum Gasteiger partial charge on any atom is 0.409 e. The molecular weight excluding hydrogens is 322 g/mol. The Morgan fingerprint density at radius 1 is 1.08 bits per heavy atom. The number of ether oxygens (including phenoxy) is 2. The Morgan fingerprint density at radius 3 is 2.48 bits per heavy atom. The number of hydrogen-bond acceptors (Lipinski definition) is 4. The third-order valence-electron chi connectivity index (χ3n) is 4.44. The van der Waals surface area contributed by atoms with Gasteiger partial charge >= 0.3 is 6.09 Å². The standard InChI is InChI=1S/C18H23N3O4/c1-3-25-18(23)20-11-9-19(10-12-20)16(22)13-21-8-7-14-5-4-6-15(24-2)17(14)21/h4-8H,3,9-13H2,1-2H3. The normalized spacial score (nSPS) is 14.6. The van der Waals surface area contributed by atoms with Crippen LogP contribution in [0.3, 0.4) is 0 Å². The smallest absolute Gasteiger partial charge is 0.409 e. The number of nitrogens with zero attached hydrogens (tertiary/aromatic N) is 3. The largest absolute Gasteiger partial charge is 0.495 e. The molecule has 3 rings (SSSR count). The second kappa shape index (κ2) is 7.46. The van der Waals surface area contributed by atoms with Crippen molar-refractivity contribution in [2.45, 2.75) is 13.5 Å². The first-order valence-electron chi connectivity index (χ1n) is 8.45. The van der Waals surface area contributed by atoms with Gasteiger partial charge in [0.25, 0.3) is 0 Å². The molecule has 0 aliphatic carbocycles. The summed E-state index contributed by atoms with van der Waals surface area (Å²) < 4.78 is 12.3. The molecule has 0 saturated carbocycles. The third-order valence-corrected chi connectivity index (χ3v) is 4.44. The number of fused-ring (bicyclic) bond motifs is 1. The fourth-order valence-corrected chi connectivity index (χ4v) is 3.12. The van der Waals surface area contributed by atoms with E-state index in [0.717, 1.165) is 16.7 Å². The molecule has 0 unspecified atom stereocenters. The fourth-order valence-electron chi connectivity index (χ4n) is 3.12. The molecule has 25 heavy (non-hydrogen) atoms. The van der Waals surface area contributed by atoms with Crippen LogP contribution in [0.25, 0.3) is 10.9 Å². The van der Waals surface area contributed by atoms with Crippen LogP contribution in [0.4, 0.5) is 4.79 Å². The van der Waals surface area contributed by atoms with Gasteiger partial charge in [0.05, 0.1) is 19.2 Å². The van der Waals surface area contributed by atoms with E-state index in [-0.39, 0.29) is 18.5 Å². The van der Waals surface area contributed by atoms with E-state index in [1.807, 2.05) is 35.0 Å². The van der Waals surface area contributed by atoms with E-state index >= 15 is 0 Å². The molecule has 7 heteroatoms. The van der Waals surface area contributed by atoms with Crippen molar-refractivity contribution in [3.63, 3.8) is 0 Å². The van der Waals surface area contributed by atoms with Gasteiger partial charge in [-0.3, -0.25) is 4.79 Å².